The summed E-state index contributed by atoms with van der Waals surface area (Å²) < 4.78 is 0. The summed E-state index contributed by atoms with van der Waals surface area (Å²) in [6, 6.07) is 5.14. The molecule has 0 aromatic carbocycles. The molecule has 1 unspecified atom stereocenters. The van der Waals surface area contributed by atoms with Crippen molar-refractivity contribution in [2.75, 3.05) is 0 Å². The molecule has 0 aliphatic heterocycles. The van der Waals surface area contributed by atoms with Crippen molar-refractivity contribution < 1.29 is 9.90 Å². The molecule has 2 aromatic heterocycles. The summed E-state index contributed by atoms with van der Waals surface area (Å²) in [4.78, 5) is 44.5. The van der Waals surface area contributed by atoms with Crippen LogP contribution < -0.4 is 16.6 Å². The molecule has 1 aliphatic rings. The van der Waals surface area contributed by atoms with Crippen LogP contribution in [0.2, 0.25) is 0 Å². The van der Waals surface area contributed by atoms with E-state index < -0.39 is 11.2 Å². The van der Waals surface area contributed by atoms with E-state index in [-0.39, 0.29) is 36.0 Å². The third kappa shape index (κ3) is 3.85. The summed E-state index contributed by atoms with van der Waals surface area (Å²) in [5, 5.41) is 12.5. The fourth-order valence-corrected chi connectivity index (χ4v) is 3.12. The zero-order chi connectivity index (χ0) is 18.0. The summed E-state index contributed by atoms with van der Waals surface area (Å²) in [5.41, 5.74) is 0.161. The van der Waals surface area contributed by atoms with Crippen LogP contribution in [-0.2, 0) is 11.2 Å². The van der Waals surface area contributed by atoms with E-state index in [1.807, 2.05) is 12.1 Å². The Morgan fingerprint density at radius 3 is 2.72 bits per heavy atom. The molecule has 8 nitrogen and oxygen atoms in total. The molecule has 1 fully saturated rings. The lowest BCUT2D eigenvalue weighted by Gasteiger charge is -2.37. The van der Waals surface area contributed by atoms with Crippen LogP contribution in [-0.4, -0.2) is 32.1 Å². The van der Waals surface area contributed by atoms with Crippen LogP contribution in [0, 0.1) is 12.8 Å². The highest BCUT2D eigenvalue weighted by Crippen LogP contribution is 2.37. The van der Waals surface area contributed by atoms with Gasteiger partial charge in [-0.1, -0.05) is 6.07 Å². The van der Waals surface area contributed by atoms with Gasteiger partial charge in [-0.2, -0.15) is 0 Å². The van der Waals surface area contributed by atoms with E-state index in [0.717, 1.165) is 5.69 Å². The lowest BCUT2D eigenvalue weighted by molar-refractivity contribution is -0.122. The maximum Gasteiger partial charge on any atom is 0.325 e. The van der Waals surface area contributed by atoms with Crippen LogP contribution in [0.25, 0.3) is 0 Å². The first-order valence-electron chi connectivity index (χ1n) is 8.14. The Kier molecular flexibility index (Phi) is 4.80. The first-order chi connectivity index (χ1) is 11.9. The molecule has 4 N–H and O–H groups in total. The van der Waals surface area contributed by atoms with Gasteiger partial charge in [-0.3, -0.25) is 19.6 Å². The average molecular weight is 344 g/mol. The van der Waals surface area contributed by atoms with Crippen LogP contribution in [0.4, 0.5) is 0 Å². The van der Waals surface area contributed by atoms with E-state index in [2.05, 4.69) is 20.3 Å². The molecule has 1 amide bonds. The van der Waals surface area contributed by atoms with Crippen LogP contribution in [0.3, 0.4) is 0 Å². The lowest BCUT2D eigenvalue weighted by Crippen LogP contribution is -2.42. The zero-order valence-corrected chi connectivity index (χ0v) is 13.8. The van der Waals surface area contributed by atoms with Gasteiger partial charge in [0.25, 0.3) is 5.56 Å². The van der Waals surface area contributed by atoms with Gasteiger partial charge in [0, 0.05) is 17.5 Å². The standard InChI is InChI=1S/C17H20N4O4/c1-9-12(16(24)21-17(25)19-9)8-14(23)20-15(10-6-11(22)7-10)13-4-2-3-5-18-13/h2-5,10-11,15,22H,6-8H2,1H3,(H,20,23)(H2,19,21,24,25). The fourth-order valence-electron chi connectivity index (χ4n) is 3.12. The highest BCUT2D eigenvalue weighted by atomic mass is 16.3. The first kappa shape index (κ1) is 17.1. The Morgan fingerprint density at radius 2 is 2.12 bits per heavy atom. The molecule has 8 heteroatoms. The predicted molar refractivity (Wildman–Crippen MR) is 90.0 cm³/mol. The van der Waals surface area contributed by atoms with Crippen molar-refractivity contribution in [1.29, 1.82) is 0 Å². The van der Waals surface area contributed by atoms with Gasteiger partial charge in [0.15, 0.2) is 0 Å². The van der Waals surface area contributed by atoms with E-state index in [1.165, 1.54) is 0 Å². The number of aryl methyl sites for hydroxylation is 1. The summed E-state index contributed by atoms with van der Waals surface area (Å²) >= 11 is 0. The molecular formula is C17H20N4O4. The fraction of sp³-hybridized carbons (Fsp3) is 0.412. The van der Waals surface area contributed by atoms with Gasteiger partial charge < -0.3 is 15.4 Å². The zero-order valence-electron chi connectivity index (χ0n) is 13.8. The molecule has 0 bridgehead atoms. The molecular weight excluding hydrogens is 324 g/mol. The van der Waals surface area contributed by atoms with Crippen molar-refractivity contribution in [2.45, 2.75) is 38.3 Å². The lowest BCUT2D eigenvalue weighted by atomic mass is 9.76. The second-order valence-corrected chi connectivity index (χ2v) is 6.37. The number of carbonyl (C=O) groups is 1. The van der Waals surface area contributed by atoms with E-state index >= 15 is 0 Å². The Bertz CT molecular complexity index is 868. The minimum absolute atomic E-state index is 0.101. The Hall–Kier alpha value is -2.74. The second kappa shape index (κ2) is 7.02. The number of H-pyrrole nitrogens is 2. The number of hydrogen-bond donors (Lipinski definition) is 4. The number of nitrogens with one attached hydrogen (secondary N) is 3. The second-order valence-electron chi connectivity index (χ2n) is 6.37. The highest BCUT2D eigenvalue weighted by Gasteiger charge is 2.36. The van der Waals surface area contributed by atoms with Crippen molar-refractivity contribution in [2.24, 2.45) is 5.92 Å². The first-order valence-corrected chi connectivity index (χ1v) is 8.14. The number of aromatic nitrogens is 3. The maximum absolute atomic E-state index is 12.5. The van der Waals surface area contributed by atoms with Gasteiger partial charge in [-0.25, -0.2) is 4.79 Å². The molecule has 0 radical (unpaired) electrons. The van der Waals surface area contributed by atoms with Crippen LogP contribution in [0.5, 0.6) is 0 Å². The molecule has 3 rings (SSSR count). The Balaban J connectivity index is 1.77. The van der Waals surface area contributed by atoms with E-state index in [9.17, 15) is 19.5 Å². The SMILES string of the molecule is Cc1[nH]c(=O)[nH]c(=O)c1CC(=O)NC(c1ccccn1)C1CC(O)C1. The normalized spacial score (nSPS) is 20.6. The van der Waals surface area contributed by atoms with Crippen molar-refractivity contribution in [3.8, 4) is 0 Å². The Morgan fingerprint density at radius 1 is 1.36 bits per heavy atom. The van der Waals surface area contributed by atoms with Gasteiger partial charge in [-0.05, 0) is 37.8 Å². The van der Waals surface area contributed by atoms with E-state index in [0.29, 0.717) is 18.5 Å². The largest absolute Gasteiger partial charge is 0.393 e. The number of aromatic amines is 2. The molecule has 1 aliphatic carbocycles. The summed E-state index contributed by atoms with van der Waals surface area (Å²) in [7, 11) is 0. The smallest absolute Gasteiger partial charge is 0.325 e. The van der Waals surface area contributed by atoms with Crippen LogP contribution >= 0.6 is 0 Å². The molecule has 1 atom stereocenters. The number of rotatable bonds is 5. The number of pyridine rings is 1. The summed E-state index contributed by atoms with van der Waals surface area (Å²) in [5.74, 6) is -0.235. The number of hydrogen-bond acceptors (Lipinski definition) is 5. The molecule has 25 heavy (non-hydrogen) atoms. The Labute approximate surface area is 143 Å². The maximum atomic E-state index is 12.5. The number of carbonyl (C=O) groups excluding carboxylic acids is 1. The van der Waals surface area contributed by atoms with Crippen molar-refractivity contribution in [3.63, 3.8) is 0 Å². The number of aliphatic hydroxyl groups is 1. The number of amides is 1. The molecule has 2 heterocycles. The number of nitrogens with zero attached hydrogens (tertiary/aromatic N) is 1. The van der Waals surface area contributed by atoms with Gasteiger partial charge in [0.2, 0.25) is 5.91 Å². The monoisotopic (exact) mass is 344 g/mol. The van der Waals surface area contributed by atoms with Crippen LogP contribution in [0.15, 0.2) is 34.0 Å². The minimum atomic E-state index is -0.596. The van der Waals surface area contributed by atoms with Crippen molar-refractivity contribution >= 4 is 5.91 Å². The minimum Gasteiger partial charge on any atom is -0.393 e. The number of aliphatic hydroxyl groups excluding tert-OH is 1. The molecule has 2 aromatic rings. The summed E-state index contributed by atoms with van der Waals surface area (Å²) in [6.45, 7) is 1.58. The van der Waals surface area contributed by atoms with Gasteiger partial charge in [-0.15, -0.1) is 0 Å². The van der Waals surface area contributed by atoms with Crippen LogP contribution in [0.1, 0.15) is 35.8 Å². The molecule has 0 spiro atoms. The van der Waals surface area contributed by atoms with Crippen molar-refractivity contribution in [1.82, 2.24) is 20.3 Å². The van der Waals surface area contributed by atoms with E-state index in [4.69, 9.17) is 0 Å². The van der Waals surface area contributed by atoms with Gasteiger partial charge >= 0.3 is 5.69 Å². The molecule has 1 saturated carbocycles. The average Bonchev–Trinajstić information content (AvgIpc) is 2.54. The summed E-state index contributed by atoms with van der Waals surface area (Å²) in [6.07, 6.45) is 2.36. The van der Waals surface area contributed by atoms with Crippen molar-refractivity contribution in [3.05, 3.63) is 62.2 Å². The van der Waals surface area contributed by atoms with Gasteiger partial charge in [0.05, 0.1) is 24.3 Å². The van der Waals surface area contributed by atoms with Gasteiger partial charge in [0.1, 0.15) is 0 Å². The molecule has 0 saturated heterocycles. The van der Waals surface area contributed by atoms with E-state index in [1.54, 1.807) is 19.2 Å². The highest BCUT2D eigenvalue weighted by molar-refractivity contribution is 5.79. The topological polar surface area (TPSA) is 128 Å². The molecule has 132 valence electrons. The third-order valence-electron chi connectivity index (χ3n) is 4.54. The predicted octanol–water partition coefficient (Wildman–Crippen LogP) is -0.0625. The third-order valence-corrected chi connectivity index (χ3v) is 4.54. The quantitative estimate of drug-likeness (QED) is 0.604.